The van der Waals surface area contributed by atoms with Crippen LogP contribution >= 0.6 is 23.2 Å². The molecule has 0 fully saturated rings. The van der Waals surface area contributed by atoms with Crippen molar-refractivity contribution >= 4 is 44.8 Å². The van der Waals surface area contributed by atoms with Gasteiger partial charge < -0.3 is 14.8 Å². The molecule has 7 nitrogen and oxygen atoms in total. The summed E-state index contributed by atoms with van der Waals surface area (Å²) >= 11 is 12.0. The summed E-state index contributed by atoms with van der Waals surface area (Å²) in [4.78, 5) is 12.6. The lowest BCUT2D eigenvalue weighted by Crippen LogP contribution is -2.24. The fraction of sp³-hybridized carbons (Fsp3) is 0.136. The Kier molecular flexibility index (Phi) is 7.63. The van der Waals surface area contributed by atoms with Gasteiger partial charge in [-0.1, -0.05) is 41.4 Å². The fourth-order valence-electron chi connectivity index (χ4n) is 2.92. The first-order chi connectivity index (χ1) is 15.2. The number of hydrogen-bond donors (Lipinski definition) is 2. The summed E-state index contributed by atoms with van der Waals surface area (Å²) in [5.74, 6) is 0.311. The Morgan fingerprint density at radius 2 is 1.66 bits per heavy atom. The number of para-hydroxylation sites is 1. The van der Waals surface area contributed by atoms with Crippen LogP contribution in [-0.4, -0.2) is 28.5 Å². The zero-order chi connectivity index (χ0) is 23.3. The fourth-order valence-corrected chi connectivity index (χ4v) is 4.45. The molecular formula is C22H20Cl2N2O5S. The number of anilines is 1. The van der Waals surface area contributed by atoms with Crippen molar-refractivity contribution < 1.29 is 22.7 Å². The summed E-state index contributed by atoms with van der Waals surface area (Å²) < 4.78 is 38.8. The highest BCUT2D eigenvalue weighted by Crippen LogP contribution is 2.29. The average molecular weight is 495 g/mol. The molecule has 3 rings (SSSR count). The number of methoxy groups -OCH3 is 2. The zero-order valence-electron chi connectivity index (χ0n) is 17.2. The monoisotopic (exact) mass is 494 g/mol. The Bertz CT molecular complexity index is 1250. The van der Waals surface area contributed by atoms with Gasteiger partial charge in [-0.3, -0.25) is 4.79 Å². The van der Waals surface area contributed by atoms with Crippen molar-refractivity contribution in [3.8, 4) is 11.5 Å². The van der Waals surface area contributed by atoms with E-state index in [0.717, 1.165) is 0 Å². The molecule has 0 saturated carbocycles. The Morgan fingerprint density at radius 1 is 0.938 bits per heavy atom. The van der Waals surface area contributed by atoms with Gasteiger partial charge in [0.15, 0.2) is 0 Å². The molecule has 32 heavy (non-hydrogen) atoms. The Labute approximate surface area is 196 Å². The second-order valence-corrected chi connectivity index (χ2v) is 9.19. The van der Waals surface area contributed by atoms with E-state index in [9.17, 15) is 13.2 Å². The van der Waals surface area contributed by atoms with Crippen molar-refractivity contribution in [3.05, 3.63) is 81.8 Å². The largest absolute Gasteiger partial charge is 0.496 e. The minimum Gasteiger partial charge on any atom is -0.496 e. The first kappa shape index (κ1) is 23.9. The first-order valence-electron chi connectivity index (χ1n) is 9.31. The summed E-state index contributed by atoms with van der Waals surface area (Å²) in [5.41, 5.74) is 1.03. The maximum Gasteiger partial charge on any atom is 0.257 e. The zero-order valence-corrected chi connectivity index (χ0v) is 19.5. The highest BCUT2D eigenvalue weighted by molar-refractivity contribution is 7.89. The van der Waals surface area contributed by atoms with Crippen LogP contribution < -0.4 is 19.5 Å². The van der Waals surface area contributed by atoms with E-state index in [4.69, 9.17) is 32.7 Å². The van der Waals surface area contributed by atoms with Crippen LogP contribution in [0, 0.1) is 0 Å². The highest BCUT2D eigenvalue weighted by atomic mass is 35.5. The van der Waals surface area contributed by atoms with Gasteiger partial charge in [0, 0.05) is 17.1 Å². The number of amides is 1. The lowest BCUT2D eigenvalue weighted by atomic mass is 10.2. The number of ether oxygens (including phenoxy) is 2. The minimum absolute atomic E-state index is 0.0282. The highest BCUT2D eigenvalue weighted by Gasteiger charge is 2.19. The molecule has 0 aliphatic carbocycles. The van der Waals surface area contributed by atoms with Gasteiger partial charge in [-0.25, -0.2) is 13.1 Å². The van der Waals surface area contributed by atoms with E-state index in [1.54, 1.807) is 24.3 Å². The Balaban J connectivity index is 1.85. The van der Waals surface area contributed by atoms with Crippen LogP contribution in [0.1, 0.15) is 15.9 Å². The van der Waals surface area contributed by atoms with Crippen molar-refractivity contribution in [2.24, 2.45) is 0 Å². The van der Waals surface area contributed by atoms with Gasteiger partial charge in [0.05, 0.1) is 35.4 Å². The minimum atomic E-state index is -3.90. The van der Waals surface area contributed by atoms with Crippen molar-refractivity contribution in [1.29, 1.82) is 0 Å². The molecule has 10 heteroatoms. The molecule has 2 N–H and O–H groups in total. The summed E-state index contributed by atoms with van der Waals surface area (Å²) in [7, 11) is -0.977. The summed E-state index contributed by atoms with van der Waals surface area (Å²) in [6.07, 6.45) is 0. The van der Waals surface area contributed by atoms with Crippen LogP contribution in [0.2, 0.25) is 10.0 Å². The third-order valence-electron chi connectivity index (χ3n) is 4.55. The molecule has 0 aliphatic rings. The summed E-state index contributed by atoms with van der Waals surface area (Å²) in [6.45, 7) is 0.0282. The number of sulfonamides is 1. The van der Waals surface area contributed by atoms with Crippen molar-refractivity contribution in [1.82, 2.24) is 4.72 Å². The maximum absolute atomic E-state index is 12.9. The molecule has 0 aliphatic heterocycles. The molecule has 168 valence electrons. The number of carbonyl (C=O) groups is 1. The van der Waals surface area contributed by atoms with Crippen molar-refractivity contribution in [2.75, 3.05) is 19.5 Å². The van der Waals surface area contributed by atoms with E-state index in [0.29, 0.717) is 16.3 Å². The van der Waals surface area contributed by atoms with E-state index >= 15 is 0 Å². The summed E-state index contributed by atoms with van der Waals surface area (Å²) in [5, 5.41) is 3.19. The van der Waals surface area contributed by atoms with Crippen LogP contribution in [0.4, 0.5) is 5.69 Å². The van der Waals surface area contributed by atoms with Crippen LogP contribution in [0.15, 0.2) is 65.6 Å². The third-order valence-corrected chi connectivity index (χ3v) is 6.50. The van der Waals surface area contributed by atoms with Crippen molar-refractivity contribution in [3.63, 3.8) is 0 Å². The topological polar surface area (TPSA) is 93.7 Å². The first-order valence-corrected chi connectivity index (χ1v) is 11.5. The molecule has 0 atom stereocenters. The molecule has 0 aromatic heterocycles. The smallest absolute Gasteiger partial charge is 0.257 e. The second kappa shape index (κ2) is 10.2. The molecule has 0 heterocycles. The normalized spacial score (nSPS) is 11.1. The van der Waals surface area contributed by atoms with Gasteiger partial charge in [0.1, 0.15) is 11.5 Å². The van der Waals surface area contributed by atoms with Gasteiger partial charge in [-0.15, -0.1) is 0 Å². The summed E-state index contributed by atoms with van der Waals surface area (Å²) in [6, 6.07) is 15.7. The van der Waals surface area contributed by atoms with Gasteiger partial charge in [-0.05, 0) is 42.5 Å². The molecule has 0 bridgehead atoms. The molecular weight excluding hydrogens is 475 g/mol. The van der Waals surface area contributed by atoms with Gasteiger partial charge in [0.25, 0.3) is 5.91 Å². The van der Waals surface area contributed by atoms with E-state index in [-0.39, 0.29) is 33.5 Å². The van der Waals surface area contributed by atoms with Crippen LogP contribution in [0.25, 0.3) is 0 Å². The number of rotatable bonds is 8. The maximum atomic E-state index is 12.9. The number of hydrogen-bond acceptors (Lipinski definition) is 5. The molecule has 0 saturated heterocycles. The number of halogens is 2. The molecule has 3 aromatic carbocycles. The average Bonchev–Trinajstić information content (AvgIpc) is 2.77. The second-order valence-electron chi connectivity index (χ2n) is 6.58. The Hall–Kier alpha value is -2.78. The van der Waals surface area contributed by atoms with Gasteiger partial charge in [0.2, 0.25) is 10.0 Å². The molecule has 0 spiro atoms. The van der Waals surface area contributed by atoms with E-state index in [1.165, 1.54) is 50.6 Å². The molecule has 0 unspecified atom stereocenters. The standard InChI is InChI=1S/C22H20Cl2N2O5S/c1-30-20-6-4-3-5-14(20)13-25-32(28,29)16-8-10-21(31-2)19(12-16)26-22(27)17-9-7-15(23)11-18(17)24/h3-12,25H,13H2,1-2H3,(H,26,27). The van der Waals surface area contributed by atoms with E-state index in [1.807, 2.05) is 0 Å². The lowest BCUT2D eigenvalue weighted by molar-refractivity contribution is 0.102. The Morgan fingerprint density at radius 3 is 2.34 bits per heavy atom. The van der Waals surface area contributed by atoms with Crippen LogP contribution in [0.3, 0.4) is 0 Å². The van der Waals surface area contributed by atoms with E-state index in [2.05, 4.69) is 10.0 Å². The van der Waals surface area contributed by atoms with E-state index < -0.39 is 15.9 Å². The number of carbonyl (C=O) groups excluding carboxylic acids is 1. The van der Waals surface area contributed by atoms with Crippen molar-refractivity contribution in [2.45, 2.75) is 11.4 Å². The SMILES string of the molecule is COc1ccccc1CNS(=O)(=O)c1ccc(OC)c(NC(=O)c2ccc(Cl)cc2Cl)c1. The molecule has 3 aromatic rings. The lowest BCUT2D eigenvalue weighted by Gasteiger charge is -2.14. The molecule has 0 radical (unpaired) electrons. The quantitative estimate of drug-likeness (QED) is 0.471. The van der Waals surface area contributed by atoms with Crippen LogP contribution in [0.5, 0.6) is 11.5 Å². The number of benzene rings is 3. The van der Waals surface area contributed by atoms with Crippen LogP contribution in [-0.2, 0) is 16.6 Å². The number of nitrogens with one attached hydrogen (secondary N) is 2. The molecule has 1 amide bonds. The third kappa shape index (κ3) is 5.52. The van der Waals surface area contributed by atoms with Gasteiger partial charge in [-0.2, -0.15) is 0 Å². The predicted molar refractivity (Wildman–Crippen MR) is 124 cm³/mol. The predicted octanol–water partition coefficient (Wildman–Crippen LogP) is 4.74. The van der Waals surface area contributed by atoms with Gasteiger partial charge >= 0.3 is 0 Å².